The molecule has 0 fully saturated rings. The molecule has 3 heterocycles. The molecule has 0 aliphatic carbocycles. The molecule has 3 aromatic carbocycles. The standard InChI is InChI=1S/C17H17BN2O.C15H14BN3O2/c1-12-9-14(6-8-17(12)19-3)20(4)15-5-7-16-13(10-15)11-21-18(16)2;1-10-14(17-2)6-7-15(18-10)19(3)12-4-5-13-11(8-12)9-21-16(13)20/h5-10H,11H2,1-2,4H3;4-8,20H,9H2,1,3H3. The normalized spacial score (nSPS) is 13.0. The molecule has 208 valence electrons. The molecule has 0 spiro atoms. The molecule has 2 aliphatic rings. The van der Waals surface area contributed by atoms with Gasteiger partial charge in [0, 0.05) is 36.9 Å². The van der Waals surface area contributed by atoms with Gasteiger partial charge >= 0.3 is 14.0 Å². The molecule has 0 radical (unpaired) electrons. The van der Waals surface area contributed by atoms with Crippen molar-refractivity contribution in [3.8, 4) is 0 Å². The molecule has 4 aromatic rings. The molecule has 0 saturated carbocycles. The van der Waals surface area contributed by atoms with Gasteiger partial charge in [-0.1, -0.05) is 31.1 Å². The van der Waals surface area contributed by atoms with Crippen LogP contribution in [0.5, 0.6) is 0 Å². The van der Waals surface area contributed by atoms with Gasteiger partial charge in [0.05, 0.1) is 26.4 Å². The highest BCUT2D eigenvalue weighted by Gasteiger charge is 2.27. The number of aromatic nitrogens is 1. The first-order chi connectivity index (χ1) is 20.2. The number of aryl methyl sites for hydroxylation is 2. The van der Waals surface area contributed by atoms with Gasteiger partial charge in [0.1, 0.15) is 5.82 Å². The van der Waals surface area contributed by atoms with Gasteiger partial charge in [-0.2, -0.15) is 0 Å². The van der Waals surface area contributed by atoms with Crippen LogP contribution in [0.15, 0.2) is 66.7 Å². The first-order valence-corrected chi connectivity index (χ1v) is 13.7. The second kappa shape index (κ2) is 12.1. The van der Waals surface area contributed by atoms with Crippen molar-refractivity contribution in [2.45, 2.75) is 33.9 Å². The van der Waals surface area contributed by atoms with E-state index in [1.54, 1.807) is 6.07 Å². The molecule has 0 amide bonds. The number of hydrogen-bond donors (Lipinski definition) is 1. The van der Waals surface area contributed by atoms with Crippen LogP contribution < -0.4 is 20.7 Å². The van der Waals surface area contributed by atoms with E-state index in [0.29, 0.717) is 30.3 Å². The Bertz CT molecular complexity index is 1610. The summed E-state index contributed by atoms with van der Waals surface area (Å²) in [6.07, 6.45) is 0. The van der Waals surface area contributed by atoms with E-state index in [1.165, 1.54) is 11.0 Å². The quantitative estimate of drug-likeness (QED) is 0.262. The fraction of sp³-hybridized carbons (Fsp3) is 0.219. The summed E-state index contributed by atoms with van der Waals surface area (Å²) in [5.74, 6) is 0.777. The number of hydrogen-bond acceptors (Lipinski definition) is 6. The third kappa shape index (κ3) is 5.74. The smallest absolute Gasteiger partial charge is 0.427 e. The van der Waals surface area contributed by atoms with E-state index in [9.17, 15) is 5.02 Å². The maximum Gasteiger partial charge on any atom is 0.491 e. The van der Waals surface area contributed by atoms with Crippen LogP contribution in [0.25, 0.3) is 9.69 Å². The SMILES string of the molecule is [C-]#[N+]c1ccc(N(C)c2ccc3c(c2)COB3C)cc1C.[C-]#[N+]c1ccc(N(C)c2ccc3c(c2)COB3O)nc1C. The van der Waals surface area contributed by atoms with Gasteiger partial charge in [-0.25, -0.2) is 14.7 Å². The van der Waals surface area contributed by atoms with Gasteiger partial charge in [-0.3, -0.25) is 0 Å². The lowest BCUT2D eigenvalue weighted by atomic mass is 9.64. The number of anilines is 4. The molecular weight excluding hydrogens is 524 g/mol. The van der Waals surface area contributed by atoms with E-state index in [0.717, 1.165) is 39.5 Å². The number of benzene rings is 3. The number of pyridine rings is 1. The second-order valence-corrected chi connectivity index (χ2v) is 10.5. The Labute approximate surface area is 248 Å². The van der Waals surface area contributed by atoms with E-state index in [2.05, 4.69) is 50.7 Å². The highest BCUT2D eigenvalue weighted by atomic mass is 16.5. The number of rotatable bonds is 4. The largest absolute Gasteiger partial charge is 0.491 e. The second-order valence-electron chi connectivity index (χ2n) is 10.5. The molecule has 0 atom stereocenters. The van der Waals surface area contributed by atoms with Crippen molar-refractivity contribution in [2.75, 3.05) is 23.9 Å². The predicted molar refractivity (Wildman–Crippen MR) is 170 cm³/mol. The predicted octanol–water partition coefficient (Wildman–Crippen LogP) is 5.60. The van der Waals surface area contributed by atoms with Crippen molar-refractivity contribution in [3.63, 3.8) is 0 Å². The van der Waals surface area contributed by atoms with Gasteiger partial charge < -0.3 is 24.1 Å². The van der Waals surface area contributed by atoms with Crippen LogP contribution in [0.2, 0.25) is 6.82 Å². The third-order valence-electron chi connectivity index (χ3n) is 7.81. The maximum absolute atomic E-state index is 9.65. The van der Waals surface area contributed by atoms with Crippen LogP contribution in [0, 0.1) is 27.0 Å². The Kier molecular flexibility index (Phi) is 8.33. The van der Waals surface area contributed by atoms with Crippen molar-refractivity contribution in [2.24, 2.45) is 0 Å². The Morgan fingerprint density at radius 1 is 0.762 bits per heavy atom. The summed E-state index contributed by atoms with van der Waals surface area (Å²) < 4.78 is 10.9. The summed E-state index contributed by atoms with van der Waals surface area (Å²) in [4.78, 5) is 15.5. The first kappa shape index (κ1) is 28.9. The zero-order valence-corrected chi connectivity index (χ0v) is 24.4. The Balaban J connectivity index is 0.000000168. The summed E-state index contributed by atoms with van der Waals surface area (Å²) in [6, 6.07) is 21.8. The maximum atomic E-state index is 9.65. The lowest BCUT2D eigenvalue weighted by molar-refractivity contribution is 0.275. The number of fused-ring (bicyclic) bond motifs is 2. The first-order valence-electron chi connectivity index (χ1n) is 13.7. The molecule has 0 saturated heterocycles. The van der Waals surface area contributed by atoms with Crippen LogP contribution in [0.4, 0.5) is 34.3 Å². The zero-order chi connectivity index (χ0) is 30.0. The molecule has 1 aromatic heterocycles. The Hall–Kier alpha value is -4.60. The van der Waals surface area contributed by atoms with E-state index >= 15 is 0 Å². The van der Waals surface area contributed by atoms with Gasteiger partial charge in [-0.05, 0) is 83.9 Å². The fourth-order valence-corrected chi connectivity index (χ4v) is 5.15. The van der Waals surface area contributed by atoms with Gasteiger partial charge in [-0.15, -0.1) is 0 Å². The summed E-state index contributed by atoms with van der Waals surface area (Å²) in [5.41, 5.74) is 10.6. The van der Waals surface area contributed by atoms with E-state index in [-0.39, 0.29) is 6.92 Å². The summed E-state index contributed by atoms with van der Waals surface area (Å²) in [5, 5.41) is 9.65. The van der Waals surface area contributed by atoms with Crippen LogP contribution in [0.1, 0.15) is 22.4 Å². The average molecular weight is 555 g/mol. The van der Waals surface area contributed by atoms with Crippen LogP contribution in [-0.2, 0) is 22.5 Å². The molecule has 10 heteroatoms. The lowest BCUT2D eigenvalue weighted by Gasteiger charge is -2.21. The van der Waals surface area contributed by atoms with Crippen LogP contribution in [-0.4, -0.2) is 38.1 Å². The van der Waals surface area contributed by atoms with Crippen molar-refractivity contribution in [3.05, 3.63) is 112 Å². The minimum absolute atomic E-state index is 0.194. The molecule has 8 nitrogen and oxygen atoms in total. The van der Waals surface area contributed by atoms with Crippen molar-refractivity contribution in [1.82, 2.24) is 4.98 Å². The zero-order valence-electron chi connectivity index (χ0n) is 24.4. The average Bonchev–Trinajstić information content (AvgIpc) is 3.57. The Morgan fingerprint density at radius 2 is 1.33 bits per heavy atom. The van der Waals surface area contributed by atoms with Crippen LogP contribution >= 0.6 is 0 Å². The van der Waals surface area contributed by atoms with Crippen molar-refractivity contribution >= 4 is 59.2 Å². The molecule has 2 aliphatic heterocycles. The van der Waals surface area contributed by atoms with Gasteiger partial charge in [0.25, 0.3) is 0 Å². The molecule has 0 unspecified atom stereocenters. The highest BCUT2D eigenvalue weighted by Crippen LogP contribution is 2.30. The summed E-state index contributed by atoms with van der Waals surface area (Å²) in [6.45, 7) is 21.4. The van der Waals surface area contributed by atoms with E-state index < -0.39 is 7.12 Å². The topological polar surface area (TPSA) is 66.8 Å². The van der Waals surface area contributed by atoms with Crippen molar-refractivity contribution < 1.29 is 14.3 Å². The molecule has 1 N–H and O–H groups in total. The summed E-state index contributed by atoms with van der Waals surface area (Å²) in [7, 11) is 3.15. The van der Waals surface area contributed by atoms with Crippen LogP contribution in [0.3, 0.4) is 0 Å². The minimum Gasteiger partial charge on any atom is -0.427 e. The van der Waals surface area contributed by atoms with E-state index in [1.807, 2.05) is 69.2 Å². The monoisotopic (exact) mass is 555 g/mol. The number of nitrogens with zero attached hydrogens (tertiary/aromatic N) is 5. The molecule has 6 rings (SSSR count). The molecular formula is C32H31B2N5O3. The van der Waals surface area contributed by atoms with Crippen molar-refractivity contribution in [1.29, 1.82) is 0 Å². The highest BCUT2D eigenvalue weighted by molar-refractivity contribution is 6.67. The van der Waals surface area contributed by atoms with E-state index in [4.69, 9.17) is 22.5 Å². The third-order valence-corrected chi connectivity index (χ3v) is 7.81. The fourth-order valence-electron chi connectivity index (χ4n) is 5.15. The van der Waals surface area contributed by atoms with Gasteiger partial charge in [0.15, 0.2) is 5.69 Å². The Morgan fingerprint density at radius 3 is 2.00 bits per heavy atom. The van der Waals surface area contributed by atoms with Gasteiger partial charge in [0.2, 0.25) is 5.69 Å². The summed E-state index contributed by atoms with van der Waals surface area (Å²) >= 11 is 0. The minimum atomic E-state index is -0.822. The lowest BCUT2D eigenvalue weighted by Crippen LogP contribution is -2.28. The molecule has 0 bridgehead atoms. The molecule has 42 heavy (non-hydrogen) atoms.